The van der Waals surface area contributed by atoms with Gasteiger partial charge in [-0.15, -0.1) is 0 Å². The van der Waals surface area contributed by atoms with Crippen molar-refractivity contribution in [3.05, 3.63) is 0 Å². The lowest BCUT2D eigenvalue weighted by molar-refractivity contribution is -0.122. The summed E-state index contributed by atoms with van der Waals surface area (Å²) in [7, 11) is 0. The van der Waals surface area contributed by atoms with Gasteiger partial charge < -0.3 is 10.1 Å². The van der Waals surface area contributed by atoms with E-state index in [1.807, 2.05) is 0 Å². The van der Waals surface area contributed by atoms with E-state index >= 15 is 0 Å². The van der Waals surface area contributed by atoms with E-state index in [9.17, 15) is 0 Å². The van der Waals surface area contributed by atoms with Gasteiger partial charge in [0, 0.05) is 6.54 Å². The van der Waals surface area contributed by atoms with Crippen LogP contribution >= 0.6 is 0 Å². The van der Waals surface area contributed by atoms with Crippen LogP contribution in [0.1, 0.15) is 71.6 Å². The Kier molecular flexibility index (Phi) is 5.50. The largest absolute Gasteiger partial charge is 0.370 e. The summed E-state index contributed by atoms with van der Waals surface area (Å²) in [6.45, 7) is 6.65. The van der Waals surface area contributed by atoms with Gasteiger partial charge in [-0.1, -0.05) is 46.0 Å². The fourth-order valence-electron chi connectivity index (χ4n) is 3.83. The Balaban J connectivity index is 1.94. The maximum atomic E-state index is 6.68. The van der Waals surface area contributed by atoms with Crippen LogP contribution < -0.4 is 5.32 Å². The fraction of sp³-hybridized carbons (Fsp3) is 1.00. The van der Waals surface area contributed by atoms with E-state index < -0.39 is 0 Å². The third kappa shape index (κ3) is 3.48. The maximum Gasteiger partial charge on any atom is 0.0810 e. The highest BCUT2D eigenvalue weighted by Crippen LogP contribution is 2.38. The molecule has 2 saturated carbocycles. The first kappa shape index (κ1) is 14.3. The summed E-state index contributed by atoms with van der Waals surface area (Å²) in [6.07, 6.45) is 12.6. The van der Waals surface area contributed by atoms with Crippen LogP contribution in [-0.4, -0.2) is 24.8 Å². The molecule has 0 aromatic carbocycles. The first-order valence-electron chi connectivity index (χ1n) is 8.18. The molecule has 2 atom stereocenters. The average Bonchev–Trinajstić information content (AvgIpc) is 2.86. The molecule has 2 aliphatic carbocycles. The predicted octanol–water partition coefficient (Wildman–Crippen LogP) is 3.89. The highest BCUT2D eigenvalue weighted by molar-refractivity contribution is 4.91. The molecule has 1 N–H and O–H groups in total. The molecule has 2 nitrogen and oxygen atoms in total. The van der Waals surface area contributed by atoms with Gasteiger partial charge in [-0.3, -0.25) is 0 Å². The Morgan fingerprint density at radius 3 is 2.44 bits per heavy atom. The highest BCUT2D eigenvalue weighted by Gasteiger charge is 2.38. The van der Waals surface area contributed by atoms with Crippen LogP contribution in [0.4, 0.5) is 0 Å². The van der Waals surface area contributed by atoms with Crippen molar-refractivity contribution in [3.8, 4) is 0 Å². The van der Waals surface area contributed by atoms with Crippen LogP contribution in [0.25, 0.3) is 0 Å². The summed E-state index contributed by atoms with van der Waals surface area (Å²) in [5.74, 6) is 0.817. The maximum absolute atomic E-state index is 6.68. The highest BCUT2D eigenvalue weighted by atomic mass is 16.5. The van der Waals surface area contributed by atoms with Crippen molar-refractivity contribution in [3.63, 3.8) is 0 Å². The molecule has 2 aliphatic rings. The van der Waals surface area contributed by atoms with Crippen LogP contribution in [0.2, 0.25) is 0 Å². The van der Waals surface area contributed by atoms with E-state index in [0.717, 1.165) is 19.0 Å². The van der Waals surface area contributed by atoms with Crippen molar-refractivity contribution < 1.29 is 4.74 Å². The van der Waals surface area contributed by atoms with Gasteiger partial charge >= 0.3 is 0 Å². The number of ether oxygens (including phenoxy) is 1. The number of nitrogens with one attached hydrogen (secondary N) is 1. The first-order valence-corrected chi connectivity index (χ1v) is 8.18. The summed E-state index contributed by atoms with van der Waals surface area (Å²) < 4.78 is 6.68. The van der Waals surface area contributed by atoms with E-state index in [2.05, 4.69) is 19.2 Å². The van der Waals surface area contributed by atoms with Gasteiger partial charge in [-0.2, -0.15) is 0 Å². The quantitative estimate of drug-likeness (QED) is 0.775. The monoisotopic (exact) mass is 253 g/mol. The third-order valence-corrected chi connectivity index (χ3v) is 4.98. The van der Waals surface area contributed by atoms with Gasteiger partial charge in [0.15, 0.2) is 0 Å². The van der Waals surface area contributed by atoms with Crippen molar-refractivity contribution in [2.24, 2.45) is 5.92 Å². The lowest BCUT2D eigenvalue weighted by atomic mass is 9.84. The molecule has 0 aromatic rings. The zero-order chi connectivity index (χ0) is 12.8. The molecule has 2 rings (SSSR count). The molecule has 0 spiro atoms. The van der Waals surface area contributed by atoms with Gasteiger partial charge in [0.1, 0.15) is 0 Å². The number of hydrogen-bond donors (Lipinski definition) is 1. The summed E-state index contributed by atoms with van der Waals surface area (Å²) >= 11 is 0. The second-order valence-electron chi connectivity index (χ2n) is 6.28. The normalized spacial score (nSPS) is 31.7. The third-order valence-electron chi connectivity index (χ3n) is 4.98. The van der Waals surface area contributed by atoms with Crippen molar-refractivity contribution in [2.75, 3.05) is 13.1 Å². The predicted molar refractivity (Wildman–Crippen MR) is 76.9 cm³/mol. The van der Waals surface area contributed by atoms with E-state index in [4.69, 9.17) is 4.74 Å². The fourth-order valence-corrected chi connectivity index (χ4v) is 3.83. The van der Waals surface area contributed by atoms with Crippen LogP contribution in [0.15, 0.2) is 0 Å². The minimum atomic E-state index is 0.172. The smallest absolute Gasteiger partial charge is 0.0810 e. The Morgan fingerprint density at radius 2 is 1.78 bits per heavy atom. The van der Waals surface area contributed by atoms with E-state index in [1.54, 1.807) is 0 Å². The summed E-state index contributed by atoms with van der Waals surface area (Å²) in [5, 5.41) is 3.53. The molecular formula is C16H31NO. The number of rotatable bonds is 6. The second-order valence-corrected chi connectivity index (χ2v) is 6.28. The Hall–Kier alpha value is -0.0800. The minimum Gasteiger partial charge on any atom is -0.370 e. The average molecular weight is 253 g/mol. The van der Waals surface area contributed by atoms with E-state index in [1.165, 1.54) is 57.8 Å². The Morgan fingerprint density at radius 1 is 1.06 bits per heavy atom. The molecule has 0 saturated heterocycles. The van der Waals surface area contributed by atoms with Gasteiger partial charge in [0.25, 0.3) is 0 Å². The molecular weight excluding hydrogens is 222 g/mol. The standard InChI is InChI=1S/C16H31NO/c1-3-14-9-5-6-10-15(14)18-16(13-17-4-2)11-7-8-12-16/h14-15,17H,3-13H2,1-2H3. The number of hydrogen-bond acceptors (Lipinski definition) is 2. The molecule has 0 aromatic heterocycles. The zero-order valence-corrected chi connectivity index (χ0v) is 12.3. The van der Waals surface area contributed by atoms with Crippen LogP contribution in [0.3, 0.4) is 0 Å². The second kappa shape index (κ2) is 6.91. The molecule has 0 heterocycles. The summed E-state index contributed by atoms with van der Waals surface area (Å²) in [5.41, 5.74) is 0.172. The van der Waals surface area contributed by atoms with Gasteiger partial charge in [-0.25, -0.2) is 0 Å². The zero-order valence-electron chi connectivity index (χ0n) is 12.3. The van der Waals surface area contributed by atoms with Crippen molar-refractivity contribution in [1.29, 1.82) is 0 Å². The summed E-state index contributed by atoms with van der Waals surface area (Å²) in [4.78, 5) is 0. The molecule has 2 heteroatoms. The van der Waals surface area contributed by atoms with E-state index in [-0.39, 0.29) is 5.60 Å². The molecule has 0 amide bonds. The van der Waals surface area contributed by atoms with Gasteiger partial charge in [0.05, 0.1) is 11.7 Å². The molecule has 2 fully saturated rings. The number of likely N-dealkylation sites (N-methyl/N-ethyl adjacent to an activating group) is 1. The molecule has 106 valence electrons. The molecule has 0 radical (unpaired) electrons. The van der Waals surface area contributed by atoms with Crippen molar-refractivity contribution in [1.82, 2.24) is 5.32 Å². The molecule has 0 aliphatic heterocycles. The minimum absolute atomic E-state index is 0.172. The topological polar surface area (TPSA) is 21.3 Å². The summed E-state index contributed by atoms with van der Waals surface area (Å²) in [6, 6.07) is 0. The van der Waals surface area contributed by atoms with Crippen LogP contribution in [-0.2, 0) is 4.74 Å². The van der Waals surface area contributed by atoms with Crippen LogP contribution in [0, 0.1) is 5.92 Å². The van der Waals surface area contributed by atoms with Crippen LogP contribution in [0.5, 0.6) is 0 Å². The Labute approximate surface area is 113 Å². The lowest BCUT2D eigenvalue weighted by Gasteiger charge is -2.39. The Bertz CT molecular complexity index is 235. The molecule has 0 bridgehead atoms. The van der Waals surface area contributed by atoms with E-state index in [0.29, 0.717) is 6.10 Å². The van der Waals surface area contributed by atoms with Gasteiger partial charge in [-0.05, 0) is 38.1 Å². The first-order chi connectivity index (χ1) is 8.79. The van der Waals surface area contributed by atoms with Crippen molar-refractivity contribution >= 4 is 0 Å². The lowest BCUT2D eigenvalue weighted by Crippen LogP contribution is -2.45. The molecule has 2 unspecified atom stereocenters. The SMILES string of the molecule is CCNCC1(OC2CCCCC2CC)CCCC1. The molecule has 18 heavy (non-hydrogen) atoms. The van der Waals surface area contributed by atoms with Gasteiger partial charge in [0.2, 0.25) is 0 Å². The van der Waals surface area contributed by atoms with Crippen molar-refractivity contribution in [2.45, 2.75) is 83.3 Å².